The minimum atomic E-state index is -0.487. The largest absolute Gasteiger partial charge is 0.451 e. The Labute approximate surface area is 173 Å². The fourth-order valence-electron chi connectivity index (χ4n) is 2.91. The fourth-order valence-corrected chi connectivity index (χ4v) is 2.91. The number of anilines is 1. The standard InChI is InChI=1S/C22H21N3O5/c1-14-5-4-6-18(15(14)2)23-21(26)13-24(3)22(27)20-12-11-19(30-20)16-7-9-17(10-8-16)25(28)29/h4-12H,13H2,1-3H3,(H,23,26). The number of non-ortho nitro benzene ring substituents is 1. The number of nitro groups is 1. The van der Waals surface area contributed by atoms with Gasteiger partial charge in [-0.1, -0.05) is 12.1 Å². The van der Waals surface area contributed by atoms with E-state index in [-0.39, 0.29) is 23.9 Å². The number of aryl methyl sites for hydroxylation is 1. The van der Waals surface area contributed by atoms with Crippen LogP contribution in [0.2, 0.25) is 0 Å². The number of benzene rings is 2. The van der Waals surface area contributed by atoms with E-state index in [1.807, 2.05) is 32.0 Å². The molecular formula is C22H21N3O5. The van der Waals surface area contributed by atoms with Crippen molar-refractivity contribution >= 4 is 23.2 Å². The third kappa shape index (κ3) is 4.54. The number of hydrogen-bond donors (Lipinski definition) is 1. The van der Waals surface area contributed by atoms with Crippen molar-refractivity contribution in [2.75, 3.05) is 18.9 Å². The van der Waals surface area contributed by atoms with Crippen LogP contribution in [0.25, 0.3) is 11.3 Å². The second kappa shape index (κ2) is 8.60. The molecule has 0 aliphatic rings. The molecule has 0 radical (unpaired) electrons. The number of amides is 2. The van der Waals surface area contributed by atoms with E-state index >= 15 is 0 Å². The van der Waals surface area contributed by atoms with Crippen molar-refractivity contribution < 1.29 is 18.9 Å². The van der Waals surface area contributed by atoms with Gasteiger partial charge in [0.1, 0.15) is 5.76 Å². The second-order valence-corrected chi connectivity index (χ2v) is 6.92. The maximum atomic E-state index is 12.6. The third-order valence-electron chi connectivity index (χ3n) is 4.79. The quantitative estimate of drug-likeness (QED) is 0.487. The summed E-state index contributed by atoms with van der Waals surface area (Å²) in [6.45, 7) is 3.74. The number of hydrogen-bond acceptors (Lipinski definition) is 5. The normalized spacial score (nSPS) is 10.5. The second-order valence-electron chi connectivity index (χ2n) is 6.92. The molecule has 2 aromatic carbocycles. The average Bonchev–Trinajstić information content (AvgIpc) is 3.21. The van der Waals surface area contributed by atoms with Gasteiger partial charge in [-0.15, -0.1) is 0 Å². The Balaban J connectivity index is 1.65. The van der Waals surface area contributed by atoms with Crippen LogP contribution in [0.5, 0.6) is 0 Å². The molecule has 0 aliphatic heterocycles. The lowest BCUT2D eigenvalue weighted by atomic mass is 10.1. The summed E-state index contributed by atoms with van der Waals surface area (Å²) in [7, 11) is 1.51. The van der Waals surface area contributed by atoms with Gasteiger partial charge >= 0.3 is 0 Å². The zero-order chi connectivity index (χ0) is 21.8. The van der Waals surface area contributed by atoms with E-state index in [4.69, 9.17) is 4.42 Å². The molecular weight excluding hydrogens is 386 g/mol. The molecule has 0 unspecified atom stereocenters. The summed E-state index contributed by atoms with van der Waals surface area (Å²) in [6.07, 6.45) is 0. The van der Waals surface area contributed by atoms with E-state index in [9.17, 15) is 19.7 Å². The van der Waals surface area contributed by atoms with Gasteiger partial charge in [-0.3, -0.25) is 19.7 Å². The van der Waals surface area contributed by atoms with Gasteiger partial charge in [0.25, 0.3) is 11.6 Å². The topological polar surface area (TPSA) is 106 Å². The molecule has 0 saturated carbocycles. The molecule has 1 heterocycles. The van der Waals surface area contributed by atoms with Gasteiger partial charge in [-0.2, -0.15) is 0 Å². The van der Waals surface area contributed by atoms with Crippen LogP contribution in [0.3, 0.4) is 0 Å². The molecule has 3 aromatic rings. The molecule has 1 aromatic heterocycles. The maximum Gasteiger partial charge on any atom is 0.289 e. The first-order valence-electron chi connectivity index (χ1n) is 9.22. The maximum absolute atomic E-state index is 12.6. The Morgan fingerprint density at radius 1 is 1.07 bits per heavy atom. The van der Waals surface area contributed by atoms with Crippen molar-refractivity contribution in [3.63, 3.8) is 0 Å². The molecule has 0 atom stereocenters. The minimum absolute atomic E-state index is 0.0313. The molecule has 0 saturated heterocycles. The number of nitrogens with one attached hydrogen (secondary N) is 1. The number of carbonyl (C=O) groups is 2. The lowest BCUT2D eigenvalue weighted by molar-refractivity contribution is -0.384. The number of carbonyl (C=O) groups excluding carboxylic acids is 2. The lowest BCUT2D eigenvalue weighted by Gasteiger charge is -2.16. The number of furan rings is 1. The van der Waals surface area contributed by atoms with Gasteiger partial charge in [0.2, 0.25) is 5.91 Å². The number of nitrogens with zero attached hydrogens (tertiary/aromatic N) is 2. The lowest BCUT2D eigenvalue weighted by Crippen LogP contribution is -2.34. The van der Waals surface area contributed by atoms with Gasteiger partial charge in [0.05, 0.1) is 11.5 Å². The molecule has 1 N–H and O–H groups in total. The summed E-state index contributed by atoms with van der Waals surface area (Å²) in [5.74, 6) is -0.284. The van der Waals surface area contributed by atoms with Gasteiger partial charge in [-0.05, 0) is 55.3 Å². The van der Waals surface area contributed by atoms with Crippen LogP contribution < -0.4 is 5.32 Å². The molecule has 8 heteroatoms. The monoisotopic (exact) mass is 407 g/mol. The fraction of sp³-hybridized carbons (Fsp3) is 0.182. The zero-order valence-electron chi connectivity index (χ0n) is 16.8. The van der Waals surface area contributed by atoms with Crippen LogP contribution in [-0.4, -0.2) is 35.2 Å². The summed E-state index contributed by atoms with van der Waals surface area (Å²) in [5, 5.41) is 13.6. The van der Waals surface area contributed by atoms with E-state index in [0.717, 1.165) is 11.1 Å². The van der Waals surface area contributed by atoms with Gasteiger partial charge < -0.3 is 14.6 Å². The van der Waals surface area contributed by atoms with Crippen LogP contribution >= 0.6 is 0 Å². The van der Waals surface area contributed by atoms with E-state index in [2.05, 4.69) is 5.32 Å². The molecule has 0 spiro atoms. The van der Waals surface area contributed by atoms with Crippen LogP contribution in [0.4, 0.5) is 11.4 Å². The highest BCUT2D eigenvalue weighted by Gasteiger charge is 2.19. The Kier molecular flexibility index (Phi) is 5.96. The summed E-state index contributed by atoms with van der Waals surface area (Å²) >= 11 is 0. The summed E-state index contributed by atoms with van der Waals surface area (Å²) in [4.78, 5) is 36.5. The summed E-state index contributed by atoms with van der Waals surface area (Å²) < 4.78 is 5.59. The van der Waals surface area contributed by atoms with Gasteiger partial charge in [0, 0.05) is 30.4 Å². The van der Waals surface area contributed by atoms with Crippen molar-refractivity contribution in [2.45, 2.75) is 13.8 Å². The SMILES string of the molecule is Cc1cccc(NC(=O)CN(C)C(=O)c2ccc(-c3ccc([N+](=O)[O-])cc3)o2)c1C. The van der Waals surface area contributed by atoms with Gasteiger partial charge in [0.15, 0.2) is 5.76 Å². The molecule has 8 nitrogen and oxygen atoms in total. The van der Waals surface area contributed by atoms with Crippen molar-refractivity contribution in [3.05, 3.63) is 81.6 Å². The smallest absolute Gasteiger partial charge is 0.289 e. The molecule has 0 aliphatic carbocycles. The summed E-state index contributed by atoms with van der Waals surface area (Å²) in [5.41, 5.74) is 3.32. The highest BCUT2D eigenvalue weighted by Crippen LogP contribution is 2.25. The van der Waals surface area contributed by atoms with Gasteiger partial charge in [-0.25, -0.2) is 0 Å². The first-order valence-corrected chi connectivity index (χ1v) is 9.22. The van der Waals surface area contributed by atoms with Crippen molar-refractivity contribution in [1.82, 2.24) is 4.90 Å². The van der Waals surface area contributed by atoms with Crippen molar-refractivity contribution in [2.24, 2.45) is 0 Å². The number of nitro benzene ring substituents is 1. The predicted octanol–water partition coefficient (Wildman–Crippen LogP) is 4.18. The molecule has 3 rings (SSSR count). The molecule has 30 heavy (non-hydrogen) atoms. The predicted molar refractivity (Wildman–Crippen MR) is 112 cm³/mol. The first-order chi connectivity index (χ1) is 14.3. The van der Waals surface area contributed by atoms with E-state index < -0.39 is 10.8 Å². The van der Waals surface area contributed by atoms with Crippen LogP contribution in [0.1, 0.15) is 21.7 Å². The number of likely N-dealkylation sites (N-methyl/N-ethyl adjacent to an activating group) is 1. The van der Waals surface area contributed by atoms with Crippen molar-refractivity contribution in [1.29, 1.82) is 0 Å². The molecule has 2 amide bonds. The zero-order valence-corrected chi connectivity index (χ0v) is 16.8. The van der Waals surface area contributed by atoms with Crippen LogP contribution in [-0.2, 0) is 4.79 Å². The number of rotatable bonds is 6. The van der Waals surface area contributed by atoms with E-state index in [0.29, 0.717) is 17.0 Å². The highest BCUT2D eigenvalue weighted by molar-refractivity contribution is 5.98. The van der Waals surface area contributed by atoms with Crippen LogP contribution in [0, 0.1) is 24.0 Å². The highest BCUT2D eigenvalue weighted by atomic mass is 16.6. The van der Waals surface area contributed by atoms with E-state index in [1.54, 1.807) is 18.2 Å². The average molecular weight is 407 g/mol. The Morgan fingerprint density at radius 3 is 2.43 bits per heavy atom. The first kappa shape index (κ1) is 20.8. The molecule has 0 fully saturated rings. The molecule has 0 bridgehead atoms. The van der Waals surface area contributed by atoms with Crippen molar-refractivity contribution in [3.8, 4) is 11.3 Å². The Morgan fingerprint density at radius 2 is 1.77 bits per heavy atom. The Bertz CT molecular complexity index is 1100. The van der Waals surface area contributed by atoms with Crippen LogP contribution in [0.15, 0.2) is 59.0 Å². The molecule has 154 valence electrons. The third-order valence-corrected chi connectivity index (χ3v) is 4.79. The van der Waals surface area contributed by atoms with E-state index in [1.165, 1.54) is 30.1 Å². The Hall–Kier alpha value is -3.94. The minimum Gasteiger partial charge on any atom is -0.451 e. The summed E-state index contributed by atoms with van der Waals surface area (Å²) in [6, 6.07) is 14.6.